The van der Waals surface area contributed by atoms with E-state index in [0.717, 1.165) is 55.8 Å². The highest BCUT2D eigenvalue weighted by Gasteiger charge is 2.19. The highest BCUT2D eigenvalue weighted by Crippen LogP contribution is 2.31. The van der Waals surface area contributed by atoms with Crippen molar-refractivity contribution in [2.24, 2.45) is 33.9 Å². The smallest absolute Gasteiger partial charge is 0.315 e. The van der Waals surface area contributed by atoms with Gasteiger partial charge in [0.1, 0.15) is 74.4 Å². The van der Waals surface area contributed by atoms with E-state index >= 15 is 0 Å². The van der Waals surface area contributed by atoms with Crippen LogP contribution in [-0.4, -0.2) is 91.6 Å². The number of nitrogens with one attached hydrogen (secondary N) is 2. The van der Waals surface area contributed by atoms with E-state index in [1.807, 2.05) is 82.1 Å². The lowest BCUT2D eigenvalue weighted by molar-refractivity contribution is -0.131. The number of nitrogens with zero attached hydrogens (tertiary/aromatic N) is 18. The number of aromatic nitrogens is 12. The summed E-state index contributed by atoms with van der Waals surface area (Å²) in [6.07, 6.45) is 10.3. The van der Waals surface area contributed by atoms with Crippen LogP contribution in [0, 0.1) is 63.1 Å². The predicted octanol–water partition coefficient (Wildman–Crippen LogP) is 11.8. The van der Waals surface area contributed by atoms with Crippen molar-refractivity contribution in [1.82, 2.24) is 63.5 Å². The second kappa shape index (κ2) is 30.8. The molecular formula is C68H59F7N22O. The number of nitrogen functional groups attached to an aromatic ring is 1. The molecule has 0 saturated carbocycles. The Hall–Kier alpha value is -13.0. The number of anilines is 9. The summed E-state index contributed by atoms with van der Waals surface area (Å²) in [4.78, 5) is 49.7. The van der Waals surface area contributed by atoms with Crippen molar-refractivity contribution in [2.75, 3.05) is 46.9 Å². The van der Waals surface area contributed by atoms with Gasteiger partial charge in [-0.2, -0.15) is 24.6 Å². The fourth-order valence-electron chi connectivity index (χ4n) is 9.50. The maximum absolute atomic E-state index is 14.5. The van der Waals surface area contributed by atoms with Crippen molar-refractivity contribution in [3.05, 3.63) is 222 Å². The minimum Gasteiger partial charge on any atom is -0.396 e. The van der Waals surface area contributed by atoms with Crippen molar-refractivity contribution in [2.45, 2.75) is 19.5 Å². The molecule has 13 rings (SSSR count). The first-order valence-corrected chi connectivity index (χ1v) is 29.2. The number of carbonyl (C=O) groups excluding carboxylic acids is 1. The minimum absolute atomic E-state index is 0.0685. The number of nitrogens with two attached hydrogens (primary N) is 2. The molecule has 0 aliphatic heterocycles. The standard InChI is InChI=1S/C17H16F3N5O.C15H16FN5.C15H12FN5.C14H10FN5.C7H5FN2/c1-24-9-23-12-8-21-15(6-14(12)24)25(2)13-4-3-10(5-11(13)18)7-22-17(26)16(19)20;2*1-20-9-19-12-8-18-15(6-14(12)20)21(2)13-4-3-10(7-17)5-11(13)16;1-20-8-18-12-7-17-14(5-13(12)20)19-11-3-2-9(6-16)4-10(11)15;8-6-3-5(4-9)1-2-7(6)10/h3-6,8-9,16H,7H2,1-2H3,(H,22,26);3-6,8-9H,7,17H2,1-2H3;3-6,8-9H,1-2H3;2-5,7-8H,1H3,(H,17,19);1-3H,10H2. The van der Waals surface area contributed by atoms with Crippen LogP contribution in [-0.2, 0) is 46.1 Å². The quantitative estimate of drug-likeness (QED) is 0.0653. The van der Waals surface area contributed by atoms with E-state index < -0.39 is 35.6 Å². The molecule has 0 fully saturated rings. The first-order valence-electron chi connectivity index (χ1n) is 29.2. The SMILES string of the molecule is CN(c1cc2c(cn1)ncn2C)c1ccc(C#N)cc1F.CN(c1cc2c(cn1)ncn2C)c1ccc(CN)cc1F.CN(c1cc2c(cn1)ncn2C)c1ccc(CNC(=O)C(F)F)cc1F.Cn1cnc2cnc(Nc3ccc(C#N)cc3F)cc21.N#Cc1ccc(N)c(F)c1. The van der Waals surface area contributed by atoms with Gasteiger partial charge in [-0.05, 0) is 90.0 Å². The number of amides is 1. The zero-order valence-corrected chi connectivity index (χ0v) is 53.3. The molecule has 6 N–H and O–H groups in total. The highest BCUT2D eigenvalue weighted by molar-refractivity contribution is 5.82. The summed E-state index contributed by atoms with van der Waals surface area (Å²) in [7, 11) is 12.7. The van der Waals surface area contributed by atoms with Crippen LogP contribution in [0.5, 0.6) is 0 Å². The maximum Gasteiger partial charge on any atom is 0.315 e. The van der Waals surface area contributed by atoms with Crippen molar-refractivity contribution in [3.8, 4) is 18.2 Å². The van der Waals surface area contributed by atoms with Crippen molar-refractivity contribution < 1.29 is 35.5 Å². The summed E-state index contributed by atoms with van der Waals surface area (Å²) >= 11 is 0. The molecule has 23 nitrogen and oxygen atoms in total. The van der Waals surface area contributed by atoms with Crippen LogP contribution in [0.1, 0.15) is 27.8 Å². The van der Waals surface area contributed by atoms with Crippen LogP contribution in [0.4, 0.5) is 82.4 Å². The number of halogens is 7. The Labute approximate surface area is 555 Å². The van der Waals surface area contributed by atoms with Gasteiger partial charge >= 0.3 is 6.43 Å². The molecule has 1 amide bonds. The van der Waals surface area contributed by atoms with Gasteiger partial charge in [0.05, 0.1) is 135 Å². The maximum atomic E-state index is 14.5. The summed E-state index contributed by atoms with van der Waals surface area (Å²) in [5.41, 5.74) is 20.8. The van der Waals surface area contributed by atoms with Crippen LogP contribution >= 0.6 is 0 Å². The first kappa shape index (κ1) is 69.3. The number of hydrogen-bond acceptors (Lipinski definition) is 18. The lowest BCUT2D eigenvalue weighted by Crippen LogP contribution is -2.28. The number of pyridine rings is 4. The number of imidazole rings is 4. The topological polar surface area (TPSA) is 297 Å². The molecule has 0 bridgehead atoms. The normalized spacial score (nSPS) is 10.6. The number of nitriles is 3. The first-order chi connectivity index (χ1) is 47.0. The number of alkyl halides is 2. The Balaban J connectivity index is 0.000000146. The molecule has 0 aliphatic carbocycles. The van der Waals surface area contributed by atoms with E-state index in [0.29, 0.717) is 52.3 Å². The van der Waals surface area contributed by atoms with Gasteiger partial charge < -0.3 is 55.1 Å². The second-order valence-electron chi connectivity index (χ2n) is 21.6. The number of carbonyl (C=O) groups is 1. The van der Waals surface area contributed by atoms with Gasteiger partial charge in [-0.25, -0.2) is 61.8 Å². The molecule has 8 heterocycles. The third-order valence-corrected chi connectivity index (χ3v) is 15.0. The zero-order valence-electron chi connectivity index (χ0n) is 53.3. The monoisotopic (exact) mass is 1330 g/mol. The largest absolute Gasteiger partial charge is 0.396 e. The van der Waals surface area contributed by atoms with E-state index in [1.54, 1.807) is 134 Å². The number of benzene rings is 5. The van der Waals surface area contributed by atoms with Crippen molar-refractivity contribution >= 4 is 102 Å². The van der Waals surface area contributed by atoms with Gasteiger partial charge in [-0.3, -0.25) is 4.79 Å². The summed E-state index contributed by atoms with van der Waals surface area (Å²) in [5.74, 6) is -1.43. The molecule has 496 valence electrons. The number of aryl methyl sites for hydroxylation is 4. The number of hydrogen-bond donors (Lipinski definition) is 4. The van der Waals surface area contributed by atoms with E-state index in [4.69, 9.17) is 27.3 Å². The zero-order chi connectivity index (χ0) is 70.5. The van der Waals surface area contributed by atoms with Crippen LogP contribution < -0.4 is 36.8 Å². The van der Waals surface area contributed by atoms with Gasteiger partial charge in [0.25, 0.3) is 5.91 Å². The predicted molar refractivity (Wildman–Crippen MR) is 358 cm³/mol. The Bertz CT molecular complexity index is 5180. The molecule has 0 unspecified atom stereocenters. The van der Waals surface area contributed by atoms with Crippen LogP contribution in [0.2, 0.25) is 0 Å². The molecule has 30 heteroatoms. The summed E-state index contributed by atoms with van der Waals surface area (Å²) in [6, 6.07) is 34.7. The van der Waals surface area contributed by atoms with E-state index in [-0.39, 0.29) is 40.6 Å². The average Bonchev–Trinajstić information content (AvgIpc) is 1.64. The molecule has 98 heavy (non-hydrogen) atoms. The lowest BCUT2D eigenvalue weighted by Gasteiger charge is -2.19. The van der Waals surface area contributed by atoms with Gasteiger partial charge in [0.2, 0.25) is 0 Å². The Morgan fingerprint density at radius 2 is 0.847 bits per heavy atom. The Morgan fingerprint density at radius 3 is 1.24 bits per heavy atom. The van der Waals surface area contributed by atoms with E-state index in [1.165, 1.54) is 48.5 Å². The minimum atomic E-state index is -3.10. The molecule has 0 radical (unpaired) electrons. The van der Waals surface area contributed by atoms with E-state index in [9.17, 15) is 35.5 Å². The lowest BCUT2D eigenvalue weighted by atomic mass is 10.2. The van der Waals surface area contributed by atoms with Crippen molar-refractivity contribution in [3.63, 3.8) is 0 Å². The molecule has 0 spiro atoms. The van der Waals surface area contributed by atoms with E-state index in [2.05, 4.69) is 45.2 Å². The highest BCUT2D eigenvalue weighted by atomic mass is 19.3. The Kier molecular flexibility index (Phi) is 21.8. The molecule has 8 aromatic heterocycles. The van der Waals surface area contributed by atoms with Crippen LogP contribution in [0.15, 0.2) is 165 Å². The fraction of sp³-hybridized carbons (Fsp3) is 0.147. The molecular weight excluding hydrogens is 1270 g/mol. The molecule has 0 aliphatic rings. The average molecular weight is 1330 g/mol. The summed E-state index contributed by atoms with van der Waals surface area (Å²) in [5, 5.41) is 30.7. The van der Waals surface area contributed by atoms with Crippen LogP contribution in [0.3, 0.4) is 0 Å². The van der Waals surface area contributed by atoms with Gasteiger partial charge in [-0.1, -0.05) is 12.1 Å². The second-order valence-corrected chi connectivity index (χ2v) is 21.6. The van der Waals surface area contributed by atoms with Gasteiger partial charge in [0.15, 0.2) is 0 Å². The third kappa shape index (κ3) is 16.3. The molecule has 13 aromatic rings. The Morgan fingerprint density at radius 1 is 0.480 bits per heavy atom. The van der Waals surface area contributed by atoms with Crippen LogP contribution in [0.25, 0.3) is 44.1 Å². The fourth-order valence-corrected chi connectivity index (χ4v) is 9.50. The van der Waals surface area contributed by atoms with Gasteiger partial charge in [-0.15, -0.1) is 0 Å². The number of rotatable bonds is 12. The van der Waals surface area contributed by atoms with Gasteiger partial charge in [0, 0.05) is 86.7 Å². The molecule has 5 aromatic carbocycles. The molecule has 0 atom stereocenters. The third-order valence-electron chi connectivity index (χ3n) is 15.0. The summed E-state index contributed by atoms with van der Waals surface area (Å²) < 4.78 is 101. The van der Waals surface area contributed by atoms with Crippen molar-refractivity contribution in [1.29, 1.82) is 15.8 Å². The number of fused-ring (bicyclic) bond motifs is 4. The molecule has 0 saturated heterocycles. The summed E-state index contributed by atoms with van der Waals surface area (Å²) in [6.45, 7) is 0.142.